The zero-order valence-electron chi connectivity index (χ0n) is 18.3. The monoisotopic (exact) mass is 397 g/mol. The van der Waals surface area contributed by atoms with Gasteiger partial charge in [0.15, 0.2) is 0 Å². The van der Waals surface area contributed by atoms with Crippen molar-refractivity contribution in [1.29, 1.82) is 0 Å². The van der Waals surface area contributed by atoms with Crippen molar-refractivity contribution in [3.8, 4) is 0 Å². The fraction of sp³-hybridized carbons (Fsp3) is 0.538. The highest BCUT2D eigenvalue weighted by molar-refractivity contribution is 6.31. The van der Waals surface area contributed by atoms with Crippen molar-refractivity contribution < 1.29 is 0 Å². The van der Waals surface area contributed by atoms with E-state index in [1.165, 1.54) is 49.0 Å². The lowest BCUT2D eigenvalue weighted by Crippen LogP contribution is -2.36. The van der Waals surface area contributed by atoms with Crippen molar-refractivity contribution in [2.24, 2.45) is 5.92 Å². The second-order valence-corrected chi connectivity index (χ2v) is 10.6. The summed E-state index contributed by atoms with van der Waals surface area (Å²) in [7, 11) is 0. The van der Waals surface area contributed by atoms with Gasteiger partial charge in [-0.15, -0.1) is 0 Å². The maximum atomic E-state index is 6.48. The highest BCUT2D eigenvalue weighted by atomic mass is 35.5. The third-order valence-corrected chi connectivity index (χ3v) is 6.66. The van der Waals surface area contributed by atoms with E-state index < -0.39 is 0 Å². The Morgan fingerprint density at radius 3 is 2.04 bits per heavy atom. The van der Waals surface area contributed by atoms with Crippen LogP contribution in [0.2, 0.25) is 5.02 Å². The molecule has 2 aromatic carbocycles. The molecule has 0 amide bonds. The Bertz CT molecular complexity index is 779. The number of benzene rings is 2. The molecule has 1 fully saturated rings. The van der Waals surface area contributed by atoms with Crippen molar-refractivity contribution >= 4 is 11.6 Å². The first-order valence-electron chi connectivity index (χ1n) is 10.7. The highest BCUT2D eigenvalue weighted by Crippen LogP contribution is 2.38. The van der Waals surface area contributed by atoms with Gasteiger partial charge in [-0.05, 0) is 71.9 Å². The van der Waals surface area contributed by atoms with E-state index in [9.17, 15) is 0 Å². The summed E-state index contributed by atoms with van der Waals surface area (Å²) in [5.74, 6) is 0.778. The predicted molar refractivity (Wildman–Crippen MR) is 122 cm³/mol. The normalized spacial score (nSPS) is 17.1. The first kappa shape index (κ1) is 21.4. The first-order chi connectivity index (χ1) is 13.2. The van der Waals surface area contributed by atoms with E-state index in [1.54, 1.807) is 0 Å². The van der Waals surface area contributed by atoms with Gasteiger partial charge in [0.05, 0.1) is 0 Å². The topological polar surface area (TPSA) is 3.24 Å². The smallest absolute Gasteiger partial charge is 0.0443 e. The maximum Gasteiger partial charge on any atom is 0.0443 e. The number of hydrogen-bond donors (Lipinski definition) is 0. The molecule has 1 nitrogen and oxygen atoms in total. The molecule has 1 heterocycles. The summed E-state index contributed by atoms with van der Waals surface area (Å²) >= 11 is 6.48. The van der Waals surface area contributed by atoms with Gasteiger partial charge in [0.2, 0.25) is 0 Å². The molecular weight excluding hydrogens is 362 g/mol. The Labute approximate surface area is 177 Å². The molecular formula is C26H36ClN. The van der Waals surface area contributed by atoms with Gasteiger partial charge < -0.3 is 0 Å². The minimum atomic E-state index is 0.129. The SMILES string of the molecule is CC(C)(C)c1ccccc1CN1CCC(CC(C)(C)c2ccccc2Cl)CC1. The van der Waals surface area contributed by atoms with E-state index >= 15 is 0 Å². The largest absolute Gasteiger partial charge is 0.299 e. The van der Waals surface area contributed by atoms with Crippen LogP contribution in [0.25, 0.3) is 0 Å². The van der Waals surface area contributed by atoms with Gasteiger partial charge >= 0.3 is 0 Å². The minimum Gasteiger partial charge on any atom is -0.299 e. The Kier molecular flexibility index (Phi) is 6.57. The molecule has 0 unspecified atom stereocenters. The number of hydrogen-bond acceptors (Lipinski definition) is 1. The quantitative estimate of drug-likeness (QED) is 0.514. The molecule has 0 aliphatic carbocycles. The molecule has 0 bridgehead atoms. The van der Waals surface area contributed by atoms with Crippen LogP contribution in [0.3, 0.4) is 0 Å². The molecule has 1 saturated heterocycles. The predicted octanol–water partition coefficient (Wildman–Crippen LogP) is 7.22. The van der Waals surface area contributed by atoms with Crippen LogP contribution in [0.4, 0.5) is 0 Å². The minimum absolute atomic E-state index is 0.129. The van der Waals surface area contributed by atoms with Crippen molar-refractivity contribution in [2.45, 2.75) is 71.3 Å². The van der Waals surface area contributed by atoms with E-state index in [0.717, 1.165) is 17.5 Å². The first-order valence-corrected chi connectivity index (χ1v) is 11.1. The summed E-state index contributed by atoms with van der Waals surface area (Å²) in [6.07, 6.45) is 3.78. The van der Waals surface area contributed by atoms with Gasteiger partial charge in [0.1, 0.15) is 0 Å². The van der Waals surface area contributed by atoms with Crippen molar-refractivity contribution in [1.82, 2.24) is 4.90 Å². The van der Waals surface area contributed by atoms with E-state index in [4.69, 9.17) is 11.6 Å². The fourth-order valence-corrected chi connectivity index (χ4v) is 5.21. The van der Waals surface area contributed by atoms with Crippen LogP contribution in [-0.2, 0) is 17.4 Å². The summed E-state index contributed by atoms with van der Waals surface area (Å²) < 4.78 is 0. The molecule has 0 N–H and O–H groups in total. The van der Waals surface area contributed by atoms with Gasteiger partial charge in [0, 0.05) is 11.6 Å². The number of piperidine rings is 1. The number of rotatable bonds is 5. The standard InChI is InChI=1S/C26H36ClN/c1-25(2,3)22-11-7-6-10-21(22)19-28-16-14-20(15-17-28)18-26(4,5)23-12-8-9-13-24(23)27/h6-13,20H,14-19H2,1-5H3. The highest BCUT2D eigenvalue weighted by Gasteiger charge is 2.29. The van der Waals surface area contributed by atoms with Crippen LogP contribution in [0.5, 0.6) is 0 Å². The van der Waals surface area contributed by atoms with Crippen LogP contribution in [0.1, 0.15) is 70.6 Å². The lowest BCUT2D eigenvalue weighted by molar-refractivity contribution is 0.158. The van der Waals surface area contributed by atoms with Gasteiger partial charge in [-0.3, -0.25) is 4.90 Å². The average Bonchev–Trinajstić information content (AvgIpc) is 2.63. The summed E-state index contributed by atoms with van der Waals surface area (Å²) in [5, 5.41) is 0.906. The fourth-order valence-electron chi connectivity index (χ4n) is 4.82. The summed E-state index contributed by atoms with van der Waals surface area (Å²) in [6.45, 7) is 15.1. The molecule has 3 rings (SSSR count). The van der Waals surface area contributed by atoms with E-state index in [2.05, 4.69) is 75.9 Å². The van der Waals surface area contributed by atoms with Crippen LogP contribution in [-0.4, -0.2) is 18.0 Å². The zero-order chi connectivity index (χ0) is 20.4. The number of nitrogens with zero attached hydrogens (tertiary/aromatic N) is 1. The third kappa shape index (κ3) is 5.19. The molecule has 0 atom stereocenters. The average molecular weight is 398 g/mol. The zero-order valence-corrected chi connectivity index (χ0v) is 19.0. The molecule has 0 spiro atoms. The molecule has 28 heavy (non-hydrogen) atoms. The van der Waals surface area contributed by atoms with Gasteiger partial charge in [0.25, 0.3) is 0 Å². The van der Waals surface area contributed by atoms with E-state index in [-0.39, 0.29) is 10.8 Å². The summed E-state index contributed by atoms with van der Waals surface area (Å²) in [6, 6.07) is 17.3. The second-order valence-electron chi connectivity index (χ2n) is 10.2. The van der Waals surface area contributed by atoms with Gasteiger partial charge in [-0.2, -0.15) is 0 Å². The molecule has 152 valence electrons. The third-order valence-electron chi connectivity index (χ3n) is 6.33. The molecule has 2 heteroatoms. The van der Waals surface area contributed by atoms with Gasteiger partial charge in [-0.25, -0.2) is 0 Å². The van der Waals surface area contributed by atoms with Crippen LogP contribution in [0.15, 0.2) is 48.5 Å². The lowest BCUT2D eigenvalue weighted by atomic mass is 9.74. The van der Waals surface area contributed by atoms with Crippen molar-refractivity contribution in [3.05, 3.63) is 70.2 Å². The molecule has 0 saturated carbocycles. The Morgan fingerprint density at radius 2 is 1.43 bits per heavy atom. The number of likely N-dealkylation sites (tertiary alicyclic amines) is 1. The number of halogens is 1. The molecule has 1 aliphatic rings. The maximum absolute atomic E-state index is 6.48. The lowest BCUT2D eigenvalue weighted by Gasteiger charge is -2.37. The Hall–Kier alpha value is -1.31. The molecule has 2 aromatic rings. The Morgan fingerprint density at radius 1 is 0.857 bits per heavy atom. The summed E-state index contributed by atoms with van der Waals surface area (Å²) in [5.41, 5.74) is 4.60. The van der Waals surface area contributed by atoms with Crippen LogP contribution < -0.4 is 0 Å². The summed E-state index contributed by atoms with van der Waals surface area (Å²) in [4.78, 5) is 2.64. The molecule has 0 radical (unpaired) electrons. The van der Waals surface area contributed by atoms with E-state index in [1.807, 2.05) is 12.1 Å². The molecule has 0 aromatic heterocycles. The van der Waals surface area contributed by atoms with Gasteiger partial charge in [-0.1, -0.05) is 88.7 Å². The van der Waals surface area contributed by atoms with Crippen LogP contribution >= 0.6 is 11.6 Å². The van der Waals surface area contributed by atoms with Crippen molar-refractivity contribution in [2.75, 3.05) is 13.1 Å². The second kappa shape index (κ2) is 8.59. The van der Waals surface area contributed by atoms with Crippen LogP contribution in [0, 0.1) is 5.92 Å². The molecule has 1 aliphatic heterocycles. The van der Waals surface area contributed by atoms with Crippen molar-refractivity contribution in [3.63, 3.8) is 0 Å². The Balaban J connectivity index is 1.59. The van der Waals surface area contributed by atoms with E-state index in [0.29, 0.717) is 0 Å².